The standard InChI is InChI=1S/C10H11NO3/c12-9(4-1-5-10(13)14)8-3-2-6-11-7-8/h2-3,6-7H,1,4-5H2,(H,13,14). The molecule has 74 valence electrons. The highest BCUT2D eigenvalue weighted by Crippen LogP contribution is 2.05. The first-order valence-corrected chi connectivity index (χ1v) is 4.35. The van der Waals surface area contributed by atoms with Gasteiger partial charge in [-0.25, -0.2) is 0 Å². The average molecular weight is 193 g/mol. The van der Waals surface area contributed by atoms with Gasteiger partial charge in [0.2, 0.25) is 0 Å². The number of rotatable bonds is 5. The number of ketones is 1. The van der Waals surface area contributed by atoms with Crippen LogP contribution < -0.4 is 0 Å². The lowest BCUT2D eigenvalue weighted by Gasteiger charge is -1.98. The Morgan fingerprint density at radius 3 is 2.71 bits per heavy atom. The molecule has 1 heterocycles. The number of aliphatic carboxylic acids is 1. The highest BCUT2D eigenvalue weighted by Gasteiger charge is 2.06. The van der Waals surface area contributed by atoms with Crippen LogP contribution in [0.1, 0.15) is 29.6 Å². The maximum atomic E-state index is 11.4. The predicted molar refractivity (Wildman–Crippen MR) is 50.1 cm³/mol. The maximum absolute atomic E-state index is 11.4. The molecular formula is C10H11NO3. The highest BCUT2D eigenvalue weighted by atomic mass is 16.4. The lowest BCUT2D eigenvalue weighted by molar-refractivity contribution is -0.137. The van der Waals surface area contributed by atoms with Gasteiger partial charge in [-0.1, -0.05) is 0 Å². The topological polar surface area (TPSA) is 67.3 Å². The second kappa shape index (κ2) is 5.11. The Labute approximate surface area is 81.6 Å². The van der Waals surface area contributed by atoms with Crippen LogP contribution in [0.3, 0.4) is 0 Å². The summed E-state index contributed by atoms with van der Waals surface area (Å²) >= 11 is 0. The molecule has 0 unspecified atom stereocenters. The van der Waals surface area contributed by atoms with Crippen molar-refractivity contribution in [3.63, 3.8) is 0 Å². The third-order valence-corrected chi connectivity index (χ3v) is 1.78. The monoisotopic (exact) mass is 193 g/mol. The van der Waals surface area contributed by atoms with Gasteiger partial charge in [0.25, 0.3) is 0 Å². The average Bonchev–Trinajstić information content (AvgIpc) is 2.18. The van der Waals surface area contributed by atoms with Crippen LogP contribution >= 0.6 is 0 Å². The smallest absolute Gasteiger partial charge is 0.303 e. The van der Waals surface area contributed by atoms with Crippen molar-refractivity contribution in [2.75, 3.05) is 0 Å². The van der Waals surface area contributed by atoms with Crippen LogP contribution in [-0.4, -0.2) is 21.8 Å². The molecule has 0 amide bonds. The second-order valence-corrected chi connectivity index (χ2v) is 2.91. The van der Waals surface area contributed by atoms with Crippen molar-refractivity contribution in [1.82, 2.24) is 4.98 Å². The van der Waals surface area contributed by atoms with Crippen LogP contribution in [0.4, 0.5) is 0 Å². The Morgan fingerprint density at radius 2 is 2.14 bits per heavy atom. The molecule has 0 aliphatic carbocycles. The Bertz CT molecular complexity index is 321. The van der Waals surface area contributed by atoms with Crippen molar-refractivity contribution in [2.24, 2.45) is 0 Å². The summed E-state index contributed by atoms with van der Waals surface area (Å²) in [5, 5.41) is 8.37. The van der Waals surface area contributed by atoms with Crippen LogP contribution in [-0.2, 0) is 4.79 Å². The van der Waals surface area contributed by atoms with Gasteiger partial charge in [0.15, 0.2) is 5.78 Å². The van der Waals surface area contributed by atoms with E-state index in [4.69, 9.17) is 5.11 Å². The summed E-state index contributed by atoms with van der Waals surface area (Å²) in [6.07, 6.45) is 3.75. The number of carbonyl (C=O) groups is 2. The number of carbonyl (C=O) groups excluding carboxylic acids is 1. The summed E-state index contributed by atoms with van der Waals surface area (Å²) in [4.78, 5) is 25.4. The van der Waals surface area contributed by atoms with Gasteiger partial charge >= 0.3 is 5.97 Å². The summed E-state index contributed by atoms with van der Waals surface area (Å²) in [5.41, 5.74) is 0.540. The van der Waals surface area contributed by atoms with Gasteiger partial charge in [-0.3, -0.25) is 14.6 Å². The molecule has 1 aromatic rings. The quantitative estimate of drug-likeness (QED) is 0.720. The van der Waals surface area contributed by atoms with Gasteiger partial charge in [-0.2, -0.15) is 0 Å². The van der Waals surface area contributed by atoms with Crippen molar-refractivity contribution in [3.05, 3.63) is 30.1 Å². The molecule has 4 nitrogen and oxygen atoms in total. The molecule has 4 heteroatoms. The first-order valence-electron chi connectivity index (χ1n) is 4.35. The van der Waals surface area contributed by atoms with Crippen molar-refractivity contribution in [2.45, 2.75) is 19.3 Å². The van der Waals surface area contributed by atoms with Crippen molar-refractivity contribution in [1.29, 1.82) is 0 Å². The van der Waals surface area contributed by atoms with E-state index in [0.29, 0.717) is 12.0 Å². The molecule has 0 bridgehead atoms. The van der Waals surface area contributed by atoms with E-state index in [2.05, 4.69) is 4.98 Å². The van der Waals surface area contributed by atoms with Crippen molar-refractivity contribution >= 4 is 11.8 Å². The van der Waals surface area contributed by atoms with E-state index >= 15 is 0 Å². The molecule has 1 rings (SSSR count). The van der Waals surface area contributed by atoms with Gasteiger partial charge in [0.05, 0.1) is 0 Å². The summed E-state index contributed by atoms with van der Waals surface area (Å²) in [6.45, 7) is 0. The number of nitrogens with zero attached hydrogens (tertiary/aromatic N) is 1. The Kier molecular flexibility index (Phi) is 3.79. The Hall–Kier alpha value is -1.71. The summed E-state index contributed by atoms with van der Waals surface area (Å²) in [6, 6.07) is 3.36. The lowest BCUT2D eigenvalue weighted by Crippen LogP contribution is -2.01. The first-order chi connectivity index (χ1) is 6.70. The molecule has 1 aromatic heterocycles. The van der Waals surface area contributed by atoms with E-state index in [9.17, 15) is 9.59 Å². The SMILES string of the molecule is O=C(O)CCCC(=O)c1cccnc1. The fourth-order valence-electron chi connectivity index (χ4n) is 1.07. The van der Waals surface area contributed by atoms with Crippen molar-refractivity contribution in [3.8, 4) is 0 Å². The predicted octanol–water partition coefficient (Wildman–Crippen LogP) is 1.52. The van der Waals surface area contributed by atoms with E-state index in [1.165, 1.54) is 6.20 Å². The molecular weight excluding hydrogens is 182 g/mol. The molecule has 0 aliphatic rings. The van der Waals surface area contributed by atoms with Crippen LogP contribution in [0.25, 0.3) is 0 Å². The number of carboxylic acids is 1. The first kappa shape index (κ1) is 10.4. The third-order valence-electron chi connectivity index (χ3n) is 1.78. The van der Waals surface area contributed by atoms with Gasteiger partial charge in [-0.05, 0) is 18.6 Å². The van der Waals surface area contributed by atoms with Crippen LogP contribution in [0, 0.1) is 0 Å². The van der Waals surface area contributed by atoms with E-state index in [0.717, 1.165) is 0 Å². The number of carboxylic acid groups (broad SMARTS) is 1. The number of hydrogen-bond acceptors (Lipinski definition) is 3. The van der Waals surface area contributed by atoms with E-state index in [-0.39, 0.29) is 18.6 Å². The summed E-state index contributed by atoms with van der Waals surface area (Å²) < 4.78 is 0. The summed E-state index contributed by atoms with van der Waals surface area (Å²) in [5.74, 6) is -0.927. The minimum Gasteiger partial charge on any atom is -0.481 e. The molecule has 0 saturated carbocycles. The number of aromatic nitrogens is 1. The molecule has 0 fully saturated rings. The minimum atomic E-state index is -0.871. The highest BCUT2D eigenvalue weighted by molar-refractivity contribution is 5.95. The number of hydrogen-bond donors (Lipinski definition) is 1. The Balaban J connectivity index is 2.40. The molecule has 14 heavy (non-hydrogen) atoms. The largest absolute Gasteiger partial charge is 0.481 e. The molecule has 0 saturated heterocycles. The van der Waals surface area contributed by atoms with Gasteiger partial charge < -0.3 is 5.11 Å². The number of Topliss-reactive ketones (excluding diaryl/α,β-unsaturated/α-hetero) is 1. The maximum Gasteiger partial charge on any atom is 0.303 e. The molecule has 0 atom stereocenters. The zero-order valence-electron chi connectivity index (χ0n) is 7.64. The van der Waals surface area contributed by atoms with Crippen LogP contribution in [0.5, 0.6) is 0 Å². The molecule has 1 N–H and O–H groups in total. The molecule has 0 radical (unpaired) electrons. The van der Waals surface area contributed by atoms with Gasteiger partial charge in [0, 0.05) is 30.8 Å². The molecule has 0 aliphatic heterocycles. The normalized spacial score (nSPS) is 9.71. The third kappa shape index (κ3) is 3.35. The minimum absolute atomic E-state index is 0.0337. The zero-order valence-corrected chi connectivity index (χ0v) is 7.64. The van der Waals surface area contributed by atoms with E-state index in [1.807, 2.05) is 0 Å². The lowest BCUT2D eigenvalue weighted by atomic mass is 10.1. The van der Waals surface area contributed by atoms with E-state index in [1.54, 1.807) is 18.3 Å². The Morgan fingerprint density at radius 1 is 1.36 bits per heavy atom. The van der Waals surface area contributed by atoms with Crippen LogP contribution in [0.15, 0.2) is 24.5 Å². The van der Waals surface area contributed by atoms with E-state index < -0.39 is 5.97 Å². The summed E-state index contributed by atoms with van der Waals surface area (Å²) in [7, 11) is 0. The van der Waals surface area contributed by atoms with Crippen molar-refractivity contribution < 1.29 is 14.7 Å². The second-order valence-electron chi connectivity index (χ2n) is 2.91. The molecule has 0 spiro atoms. The van der Waals surface area contributed by atoms with Crippen LogP contribution in [0.2, 0.25) is 0 Å². The number of pyridine rings is 1. The van der Waals surface area contributed by atoms with Gasteiger partial charge in [-0.15, -0.1) is 0 Å². The zero-order chi connectivity index (χ0) is 10.4. The fourth-order valence-corrected chi connectivity index (χ4v) is 1.07. The molecule has 0 aromatic carbocycles. The fraction of sp³-hybridized carbons (Fsp3) is 0.300. The van der Waals surface area contributed by atoms with Gasteiger partial charge in [0.1, 0.15) is 0 Å².